The third kappa shape index (κ3) is 2.08. The van der Waals surface area contributed by atoms with Crippen molar-refractivity contribution in [1.29, 1.82) is 5.26 Å². The standard InChI is InChI=1S/C8H3Br2NO2/c9-4-1-5(8(12)13)6(3-11)7(10)2-4/h1-2H,(H,12,13). The number of hydrogen-bond acceptors (Lipinski definition) is 2. The maximum Gasteiger partial charge on any atom is 0.337 e. The number of benzene rings is 1. The molecule has 1 aromatic carbocycles. The van der Waals surface area contributed by atoms with Gasteiger partial charge in [-0.15, -0.1) is 0 Å². The Morgan fingerprint density at radius 1 is 1.46 bits per heavy atom. The van der Waals surface area contributed by atoms with E-state index < -0.39 is 5.97 Å². The molecule has 66 valence electrons. The lowest BCUT2D eigenvalue weighted by atomic mass is 10.1. The highest BCUT2D eigenvalue weighted by Gasteiger charge is 2.13. The first-order valence-electron chi connectivity index (χ1n) is 3.18. The lowest BCUT2D eigenvalue weighted by Crippen LogP contribution is -2.00. The minimum atomic E-state index is -1.11. The second-order valence-electron chi connectivity index (χ2n) is 2.23. The quantitative estimate of drug-likeness (QED) is 0.868. The molecule has 0 aliphatic heterocycles. The normalized spacial score (nSPS) is 9.31. The molecule has 0 saturated carbocycles. The second-order valence-corrected chi connectivity index (χ2v) is 4.00. The van der Waals surface area contributed by atoms with E-state index in [1.54, 1.807) is 6.07 Å². The first kappa shape index (κ1) is 10.2. The molecular formula is C8H3Br2NO2. The van der Waals surface area contributed by atoms with Crippen molar-refractivity contribution in [1.82, 2.24) is 0 Å². The van der Waals surface area contributed by atoms with E-state index in [0.29, 0.717) is 8.95 Å². The number of carboxylic acids is 1. The fourth-order valence-corrected chi connectivity index (χ4v) is 2.17. The number of carboxylic acid groups (broad SMARTS) is 1. The van der Waals surface area contributed by atoms with Gasteiger partial charge in [0.15, 0.2) is 0 Å². The van der Waals surface area contributed by atoms with Crippen molar-refractivity contribution in [3.05, 3.63) is 32.2 Å². The van der Waals surface area contributed by atoms with Gasteiger partial charge in [-0.3, -0.25) is 0 Å². The number of halogens is 2. The summed E-state index contributed by atoms with van der Waals surface area (Å²) in [6, 6.07) is 4.85. The number of nitriles is 1. The van der Waals surface area contributed by atoms with Gasteiger partial charge >= 0.3 is 5.97 Å². The Bertz CT molecular complexity index is 409. The van der Waals surface area contributed by atoms with Gasteiger partial charge in [0, 0.05) is 8.95 Å². The Labute approximate surface area is 91.2 Å². The van der Waals surface area contributed by atoms with E-state index in [-0.39, 0.29) is 11.1 Å². The number of rotatable bonds is 1. The molecule has 3 nitrogen and oxygen atoms in total. The molecule has 1 N–H and O–H groups in total. The number of carbonyl (C=O) groups is 1. The van der Waals surface area contributed by atoms with Crippen LogP contribution in [-0.2, 0) is 0 Å². The van der Waals surface area contributed by atoms with Crippen LogP contribution in [0, 0.1) is 11.3 Å². The molecule has 0 aliphatic rings. The smallest absolute Gasteiger partial charge is 0.337 e. The maximum atomic E-state index is 10.7. The molecule has 5 heteroatoms. The van der Waals surface area contributed by atoms with Crippen LogP contribution in [0.15, 0.2) is 21.1 Å². The van der Waals surface area contributed by atoms with Gasteiger partial charge in [0.1, 0.15) is 6.07 Å². The Hall–Kier alpha value is -0.860. The first-order chi connectivity index (χ1) is 6.06. The fraction of sp³-hybridized carbons (Fsp3) is 0. The number of aromatic carboxylic acids is 1. The summed E-state index contributed by atoms with van der Waals surface area (Å²) in [7, 11) is 0. The minimum absolute atomic E-state index is 0.0104. The van der Waals surface area contributed by atoms with Crippen LogP contribution in [0.4, 0.5) is 0 Å². The molecule has 0 spiro atoms. The summed E-state index contributed by atoms with van der Waals surface area (Å²) < 4.78 is 1.09. The lowest BCUT2D eigenvalue weighted by molar-refractivity contribution is 0.0696. The summed E-state index contributed by atoms with van der Waals surface area (Å²) in [5.74, 6) is -1.11. The second kappa shape index (κ2) is 3.90. The fourth-order valence-electron chi connectivity index (χ4n) is 0.856. The average molecular weight is 305 g/mol. The monoisotopic (exact) mass is 303 g/mol. The highest BCUT2D eigenvalue weighted by atomic mass is 79.9. The zero-order chi connectivity index (χ0) is 10.0. The molecule has 0 radical (unpaired) electrons. The Morgan fingerprint density at radius 3 is 2.54 bits per heavy atom. The summed E-state index contributed by atoms with van der Waals surface area (Å²) >= 11 is 6.25. The van der Waals surface area contributed by atoms with Gasteiger partial charge in [-0.1, -0.05) is 15.9 Å². The van der Waals surface area contributed by atoms with Gasteiger partial charge in [0.05, 0.1) is 11.1 Å². The van der Waals surface area contributed by atoms with E-state index in [1.165, 1.54) is 6.07 Å². The van der Waals surface area contributed by atoms with Crippen molar-refractivity contribution in [3.63, 3.8) is 0 Å². The molecule has 13 heavy (non-hydrogen) atoms. The van der Waals surface area contributed by atoms with Gasteiger partial charge < -0.3 is 5.11 Å². The molecule has 1 rings (SSSR count). The molecule has 0 fully saturated rings. The van der Waals surface area contributed by atoms with Crippen LogP contribution in [0.5, 0.6) is 0 Å². The largest absolute Gasteiger partial charge is 0.478 e. The minimum Gasteiger partial charge on any atom is -0.478 e. The first-order valence-corrected chi connectivity index (χ1v) is 4.77. The predicted molar refractivity (Wildman–Crippen MR) is 53.5 cm³/mol. The predicted octanol–water partition coefficient (Wildman–Crippen LogP) is 2.78. The molecular weight excluding hydrogens is 302 g/mol. The molecule has 0 bridgehead atoms. The zero-order valence-corrected chi connectivity index (χ0v) is 9.39. The Morgan fingerprint density at radius 2 is 2.08 bits per heavy atom. The molecule has 0 aromatic heterocycles. The van der Waals surface area contributed by atoms with Crippen molar-refractivity contribution < 1.29 is 9.90 Å². The van der Waals surface area contributed by atoms with E-state index in [0.717, 1.165) is 0 Å². The zero-order valence-electron chi connectivity index (χ0n) is 6.21. The topological polar surface area (TPSA) is 61.1 Å². The van der Waals surface area contributed by atoms with Crippen LogP contribution in [-0.4, -0.2) is 11.1 Å². The maximum absolute atomic E-state index is 10.7. The molecule has 0 amide bonds. The summed E-state index contributed by atoms with van der Waals surface area (Å²) in [5.41, 5.74) is 0.124. The van der Waals surface area contributed by atoms with E-state index in [9.17, 15) is 4.79 Å². The van der Waals surface area contributed by atoms with Gasteiger partial charge in [-0.05, 0) is 28.1 Å². The summed E-state index contributed by atoms with van der Waals surface area (Å²) in [6.45, 7) is 0. The van der Waals surface area contributed by atoms with Crippen molar-refractivity contribution in [2.24, 2.45) is 0 Å². The van der Waals surface area contributed by atoms with Gasteiger partial charge in [-0.2, -0.15) is 5.26 Å². The van der Waals surface area contributed by atoms with E-state index in [2.05, 4.69) is 31.9 Å². The number of nitrogens with zero attached hydrogens (tertiary/aromatic N) is 1. The van der Waals surface area contributed by atoms with Crippen LogP contribution >= 0.6 is 31.9 Å². The third-order valence-electron chi connectivity index (χ3n) is 1.40. The highest BCUT2D eigenvalue weighted by molar-refractivity contribution is 9.11. The van der Waals surface area contributed by atoms with Crippen LogP contribution in [0.2, 0.25) is 0 Å². The molecule has 0 aliphatic carbocycles. The molecule has 0 saturated heterocycles. The van der Waals surface area contributed by atoms with E-state index >= 15 is 0 Å². The van der Waals surface area contributed by atoms with Crippen LogP contribution in [0.3, 0.4) is 0 Å². The molecule has 0 heterocycles. The lowest BCUT2D eigenvalue weighted by Gasteiger charge is -2.01. The van der Waals surface area contributed by atoms with Crippen LogP contribution in [0.25, 0.3) is 0 Å². The average Bonchev–Trinajstić information content (AvgIpc) is 2.02. The van der Waals surface area contributed by atoms with Gasteiger partial charge in [-0.25, -0.2) is 4.79 Å². The summed E-state index contributed by atoms with van der Waals surface area (Å²) in [5, 5.41) is 17.4. The SMILES string of the molecule is N#Cc1c(Br)cc(Br)cc1C(=O)O. The summed E-state index contributed by atoms with van der Waals surface area (Å²) in [6.07, 6.45) is 0. The van der Waals surface area contributed by atoms with Crippen molar-refractivity contribution >= 4 is 37.8 Å². The van der Waals surface area contributed by atoms with Crippen molar-refractivity contribution in [3.8, 4) is 6.07 Å². The highest BCUT2D eigenvalue weighted by Crippen LogP contribution is 2.25. The summed E-state index contributed by atoms with van der Waals surface area (Å²) in [4.78, 5) is 10.7. The molecule has 1 aromatic rings. The molecule has 0 unspecified atom stereocenters. The molecule has 0 atom stereocenters. The van der Waals surface area contributed by atoms with Gasteiger partial charge in [0.25, 0.3) is 0 Å². The van der Waals surface area contributed by atoms with Crippen LogP contribution < -0.4 is 0 Å². The van der Waals surface area contributed by atoms with Crippen molar-refractivity contribution in [2.45, 2.75) is 0 Å². The van der Waals surface area contributed by atoms with E-state index in [4.69, 9.17) is 10.4 Å². The third-order valence-corrected chi connectivity index (χ3v) is 2.48. The Balaban J connectivity index is 3.50. The Kier molecular flexibility index (Phi) is 3.07. The van der Waals surface area contributed by atoms with Gasteiger partial charge in [0.2, 0.25) is 0 Å². The number of hydrogen-bond donors (Lipinski definition) is 1. The van der Waals surface area contributed by atoms with Crippen molar-refractivity contribution in [2.75, 3.05) is 0 Å². The van der Waals surface area contributed by atoms with E-state index in [1.807, 2.05) is 6.07 Å². The van der Waals surface area contributed by atoms with Crippen LogP contribution in [0.1, 0.15) is 15.9 Å².